The summed E-state index contributed by atoms with van der Waals surface area (Å²) in [5.74, 6) is -0.667. The van der Waals surface area contributed by atoms with E-state index in [1.807, 2.05) is 54.6 Å². The van der Waals surface area contributed by atoms with E-state index < -0.39 is 5.97 Å². The number of hydrogen-bond acceptors (Lipinski definition) is 3. The maximum atomic E-state index is 13.3. The third-order valence-corrected chi connectivity index (χ3v) is 4.01. The fourth-order valence-electron chi connectivity index (χ4n) is 2.72. The van der Waals surface area contributed by atoms with Crippen molar-refractivity contribution in [2.75, 3.05) is 0 Å². The van der Waals surface area contributed by atoms with Gasteiger partial charge in [0.25, 0.3) is 0 Å². The average molecular weight is 343 g/mol. The van der Waals surface area contributed by atoms with Crippen LogP contribution in [0.2, 0.25) is 0 Å². The molecule has 0 saturated carbocycles. The molecule has 26 heavy (non-hydrogen) atoms. The van der Waals surface area contributed by atoms with Crippen molar-refractivity contribution in [3.8, 4) is 11.1 Å². The normalized spacial score (nSPS) is 15.0. The van der Waals surface area contributed by atoms with Gasteiger partial charge in [-0.25, -0.2) is 14.2 Å². The molecule has 1 heterocycles. The Morgan fingerprint density at radius 2 is 1.50 bits per heavy atom. The largest absolute Gasteiger partial charge is 0.402 e. The maximum absolute atomic E-state index is 13.3. The van der Waals surface area contributed by atoms with Crippen molar-refractivity contribution in [1.29, 1.82) is 0 Å². The van der Waals surface area contributed by atoms with Crippen molar-refractivity contribution in [2.24, 2.45) is 4.99 Å². The predicted molar refractivity (Wildman–Crippen MR) is 98.9 cm³/mol. The Hall–Kier alpha value is -3.53. The summed E-state index contributed by atoms with van der Waals surface area (Å²) in [5, 5.41) is 0. The molecule has 126 valence electrons. The van der Waals surface area contributed by atoms with Crippen LogP contribution < -0.4 is 0 Å². The van der Waals surface area contributed by atoms with Gasteiger partial charge in [0, 0.05) is 5.56 Å². The van der Waals surface area contributed by atoms with Crippen molar-refractivity contribution in [2.45, 2.75) is 0 Å². The summed E-state index contributed by atoms with van der Waals surface area (Å²) in [6.45, 7) is 0. The third kappa shape index (κ3) is 3.30. The highest BCUT2D eigenvalue weighted by atomic mass is 19.1. The number of carbonyl (C=O) groups is 1. The second-order valence-corrected chi connectivity index (χ2v) is 5.83. The molecule has 0 radical (unpaired) electrons. The lowest BCUT2D eigenvalue weighted by Crippen LogP contribution is -2.05. The molecule has 0 fully saturated rings. The number of aliphatic imine (C=N–C) groups is 1. The van der Waals surface area contributed by atoms with Gasteiger partial charge in [0.05, 0.1) is 0 Å². The van der Waals surface area contributed by atoms with Gasteiger partial charge in [-0.3, -0.25) is 0 Å². The van der Waals surface area contributed by atoms with Gasteiger partial charge in [-0.15, -0.1) is 0 Å². The fraction of sp³-hybridized carbons (Fsp3) is 0. The second-order valence-electron chi connectivity index (χ2n) is 5.83. The zero-order valence-corrected chi connectivity index (χ0v) is 13.7. The highest BCUT2D eigenvalue weighted by Gasteiger charge is 2.24. The van der Waals surface area contributed by atoms with E-state index in [0.717, 1.165) is 11.1 Å². The Labute approximate surface area is 150 Å². The monoisotopic (exact) mass is 343 g/mol. The van der Waals surface area contributed by atoms with E-state index >= 15 is 0 Å². The number of cyclic esters (lactones) is 1. The summed E-state index contributed by atoms with van der Waals surface area (Å²) in [7, 11) is 0. The standard InChI is InChI=1S/C22H14FNO2/c23-19-8-4-5-15(13-19)14-20-22(25)26-21(24-20)18-11-9-17(10-12-18)16-6-2-1-3-7-16/h1-14H. The van der Waals surface area contributed by atoms with Crippen LogP contribution in [-0.2, 0) is 9.53 Å². The summed E-state index contributed by atoms with van der Waals surface area (Å²) >= 11 is 0. The quantitative estimate of drug-likeness (QED) is 0.504. The predicted octanol–water partition coefficient (Wildman–Crippen LogP) is 4.84. The molecular formula is C22H14FNO2. The number of hydrogen-bond donors (Lipinski definition) is 0. The van der Waals surface area contributed by atoms with Gasteiger partial charge >= 0.3 is 5.97 Å². The molecule has 3 aromatic rings. The van der Waals surface area contributed by atoms with E-state index in [2.05, 4.69) is 4.99 Å². The lowest BCUT2D eigenvalue weighted by Gasteiger charge is -2.03. The van der Waals surface area contributed by atoms with Crippen molar-refractivity contribution in [1.82, 2.24) is 0 Å². The van der Waals surface area contributed by atoms with E-state index in [4.69, 9.17) is 4.74 Å². The molecule has 1 aliphatic heterocycles. The van der Waals surface area contributed by atoms with Crippen LogP contribution >= 0.6 is 0 Å². The Balaban J connectivity index is 1.61. The van der Waals surface area contributed by atoms with Crippen LogP contribution in [0.4, 0.5) is 4.39 Å². The minimum Gasteiger partial charge on any atom is -0.402 e. The van der Waals surface area contributed by atoms with Gasteiger partial charge in [0.15, 0.2) is 5.70 Å². The van der Waals surface area contributed by atoms with Crippen molar-refractivity contribution in [3.05, 3.63) is 102 Å². The van der Waals surface area contributed by atoms with Gasteiger partial charge in [0.2, 0.25) is 5.90 Å². The first-order chi connectivity index (χ1) is 12.7. The molecule has 0 aromatic heterocycles. The number of rotatable bonds is 3. The van der Waals surface area contributed by atoms with E-state index in [9.17, 15) is 9.18 Å². The zero-order valence-electron chi connectivity index (χ0n) is 13.7. The van der Waals surface area contributed by atoms with E-state index in [-0.39, 0.29) is 17.4 Å². The number of carbonyl (C=O) groups excluding carboxylic acids is 1. The summed E-state index contributed by atoms with van der Waals surface area (Å²) in [6.07, 6.45) is 1.51. The van der Waals surface area contributed by atoms with Crippen LogP contribution in [0.1, 0.15) is 11.1 Å². The first-order valence-corrected chi connectivity index (χ1v) is 8.13. The van der Waals surface area contributed by atoms with Gasteiger partial charge < -0.3 is 4.74 Å². The van der Waals surface area contributed by atoms with Gasteiger partial charge in [-0.1, -0.05) is 54.6 Å². The SMILES string of the molecule is O=C1OC(c2ccc(-c3ccccc3)cc2)=NC1=Cc1cccc(F)c1. The van der Waals surface area contributed by atoms with E-state index in [0.29, 0.717) is 11.1 Å². The number of esters is 1. The lowest BCUT2D eigenvalue weighted by molar-refractivity contribution is -0.129. The molecule has 3 nitrogen and oxygen atoms in total. The number of nitrogens with zero attached hydrogens (tertiary/aromatic N) is 1. The van der Waals surface area contributed by atoms with Crippen molar-refractivity contribution >= 4 is 17.9 Å². The Morgan fingerprint density at radius 3 is 2.23 bits per heavy atom. The molecule has 0 atom stereocenters. The minimum absolute atomic E-state index is 0.151. The smallest absolute Gasteiger partial charge is 0.363 e. The van der Waals surface area contributed by atoms with E-state index in [1.165, 1.54) is 18.2 Å². The van der Waals surface area contributed by atoms with E-state index in [1.54, 1.807) is 12.1 Å². The molecule has 0 amide bonds. The summed E-state index contributed by atoms with van der Waals surface area (Å²) in [6, 6.07) is 23.6. The summed E-state index contributed by atoms with van der Waals surface area (Å²) < 4.78 is 18.5. The first kappa shape index (κ1) is 16.0. The Morgan fingerprint density at radius 1 is 0.808 bits per heavy atom. The highest BCUT2D eigenvalue weighted by molar-refractivity contribution is 6.12. The lowest BCUT2D eigenvalue weighted by atomic mass is 10.0. The topological polar surface area (TPSA) is 38.7 Å². The molecule has 3 aromatic carbocycles. The molecule has 0 N–H and O–H groups in total. The molecule has 0 unspecified atom stereocenters. The molecule has 0 bridgehead atoms. The molecule has 0 saturated heterocycles. The van der Waals surface area contributed by atoms with Crippen molar-refractivity contribution in [3.63, 3.8) is 0 Å². The molecule has 4 heteroatoms. The fourth-order valence-corrected chi connectivity index (χ4v) is 2.72. The van der Waals surface area contributed by atoms with Crippen molar-refractivity contribution < 1.29 is 13.9 Å². The molecule has 1 aliphatic rings. The van der Waals surface area contributed by atoms with Crippen LogP contribution in [0.25, 0.3) is 17.2 Å². The third-order valence-electron chi connectivity index (χ3n) is 4.01. The van der Waals surface area contributed by atoms with Gasteiger partial charge in [-0.05, 0) is 47.0 Å². The summed E-state index contributed by atoms with van der Waals surface area (Å²) in [5.41, 5.74) is 3.59. The number of benzene rings is 3. The maximum Gasteiger partial charge on any atom is 0.363 e. The van der Waals surface area contributed by atoms with Crippen LogP contribution in [0.3, 0.4) is 0 Å². The molecular weight excluding hydrogens is 329 g/mol. The van der Waals surface area contributed by atoms with Gasteiger partial charge in [0.1, 0.15) is 5.82 Å². The minimum atomic E-state index is -0.545. The summed E-state index contributed by atoms with van der Waals surface area (Å²) in [4.78, 5) is 16.3. The van der Waals surface area contributed by atoms with Crippen LogP contribution in [-0.4, -0.2) is 11.9 Å². The highest BCUT2D eigenvalue weighted by Crippen LogP contribution is 2.23. The second kappa shape index (κ2) is 6.76. The Kier molecular flexibility index (Phi) is 4.15. The first-order valence-electron chi connectivity index (χ1n) is 8.13. The average Bonchev–Trinajstić information content (AvgIpc) is 3.03. The van der Waals surface area contributed by atoms with Gasteiger partial charge in [-0.2, -0.15) is 0 Å². The number of halogens is 1. The number of ether oxygens (including phenoxy) is 1. The van der Waals surface area contributed by atoms with Crippen LogP contribution in [0.5, 0.6) is 0 Å². The Bertz CT molecular complexity index is 1020. The molecule has 0 spiro atoms. The van der Waals surface area contributed by atoms with Crippen LogP contribution in [0.15, 0.2) is 89.6 Å². The van der Waals surface area contributed by atoms with Crippen LogP contribution in [0, 0.1) is 5.82 Å². The molecule has 4 rings (SSSR count). The molecule has 0 aliphatic carbocycles. The zero-order chi connectivity index (χ0) is 17.9.